The summed E-state index contributed by atoms with van der Waals surface area (Å²) in [5, 5.41) is 13.4. The number of rotatable bonds is 6. The van der Waals surface area contributed by atoms with Crippen LogP contribution in [0.3, 0.4) is 0 Å². The van der Waals surface area contributed by atoms with Crippen LogP contribution in [0.25, 0.3) is 0 Å². The molecule has 0 bridgehead atoms. The van der Waals surface area contributed by atoms with Crippen molar-refractivity contribution in [2.45, 2.75) is 20.0 Å². The smallest absolute Gasteiger partial charge is 0.223 e. The van der Waals surface area contributed by atoms with E-state index >= 15 is 0 Å². The van der Waals surface area contributed by atoms with Gasteiger partial charge < -0.3 is 19.9 Å². The Labute approximate surface area is 130 Å². The third kappa shape index (κ3) is 4.08. The van der Waals surface area contributed by atoms with E-state index in [1.165, 1.54) is 0 Å². The molecule has 0 saturated heterocycles. The fraction of sp³-hybridized carbons (Fsp3) is 0.375. The molecule has 2 N–H and O–H groups in total. The van der Waals surface area contributed by atoms with E-state index < -0.39 is 6.10 Å². The van der Waals surface area contributed by atoms with Gasteiger partial charge >= 0.3 is 0 Å². The predicted molar refractivity (Wildman–Crippen MR) is 84.5 cm³/mol. The van der Waals surface area contributed by atoms with E-state index in [4.69, 9.17) is 9.47 Å². The Balaban J connectivity index is 2.10. The van der Waals surface area contributed by atoms with Gasteiger partial charge in [-0.15, -0.1) is 0 Å². The molecule has 2 aromatic rings. The number of aryl methyl sites for hydroxylation is 2. The summed E-state index contributed by atoms with van der Waals surface area (Å²) in [5.41, 5.74) is 2.47. The van der Waals surface area contributed by atoms with Crippen LogP contribution in [0.5, 0.6) is 11.5 Å². The second-order valence-corrected chi connectivity index (χ2v) is 5.02. The molecule has 1 atom stereocenters. The van der Waals surface area contributed by atoms with Gasteiger partial charge in [-0.25, -0.2) is 9.97 Å². The molecule has 0 aliphatic heterocycles. The average Bonchev–Trinajstić information content (AvgIpc) is 2.51. The second kappa shape index (κ2) is 7.09. The van der Waals surface area contributed by atoms with Gasteiger partial charge in [0.25, 0.3) is 0 Å². The number of aliphatic hydroxyl groups is 1. The van der Waals surface area contributed by atoms with Crippen LogP contribution >= 0.6 is 0 Å². The molecule has 22 heavy (non-hydrogen) atoms. The number of aliphatic hydroxyl groups excluding tert-OH is 1. The zero-order valence-corrected chi connectivity index (χ0v) is 13.3. The van der Waals surface area contributed by atoms with Gasteiger partial charge in [-0.1, -0.05) is 0 Å². The van der Waals surface area contributed by atoms with Crippen LogP contribution in [-0.4, -0.2) is 35.8 Å². The first-order valence-electron chi connectivity index (χ1n) is 6.99. The van der Waals surface area contributed by atoms with E-state index in [1.54, 1.807) is 32.4 Å². The molecule has 1 aromatic carbocycles. The summed E-state index contributed by atoms with van der Waals surface area (Å²) in [5.74, 6) is 1.78. The average molecular weight is 303 g/mol. The first-order valence-corrected chi connectivity index (χ1v) is 6.99. The van der Waals surface area contributed by atoms with Gasteiger partial charge in [0.2, 0.25) is 5.95 Å². The molecule has 1 heterocycles. The van der Waals surface area contributed by atoms with Gasteiger partial charge in [0.05, 0.1) is 20.3 Å². The number of aromatic nitrogens is 2. The third-order valence-electron chi connectivity index (χ3n) is 3.19. The highest BCUT2D eigenvalue weighted by molar-refractivity contribution is 5.40. The van der Waals surface area contributed by atoms with Crippen LogP contribution in [0.2, 0.25) is 0 Å². The molecule has 0 fully saturated rings. The molecule has 2 rings (SSSR count). The molecule has 0 aliphatic rings. The molecule has 0 saturated carbocycles. The fourth-order valence-corrected chi connectivity index (χ4v) is 2.13. The van der Waals surface area contributed by atoms with Crippen molar-refractivity contribution < 1.29 is 14.6 Å². The molecule has 0 amide bonds. The van der Waals surface area contributed by atoms with Crippen LogP contribution in [0.1, 0.15) is 23.1 Å². The van der Waals surface area contributed by atoms with Crippen molar-refractivity contribution in [1.29, 1.82) is 0 Å². The number of benzene rings is 1. The molecule has 0 aliphatic carbocycles. The quantitative estimate of drug-likeness (QED) is 0.852. The molecule has 6 nitrogen and oxygen atoms in total. The molecular formula is C16H21N3O3. The number of hydrogen-bond acceptors (Lipinski definition) is 6. The predicted octanol–water partition coefficient (Wildman–Crippen LogP) is 2.26. The minimum atomic E-state index is -0.728. The first kappa shape index (κ1) is 16.0. The molecule has 0 spiro atoms. The van der Waals surface area contributed by atoms with Crippen molar-refractivity contribution in [3.8, 4) is 11.5 Å². The Hall–Kier alpha value is -2.34. The summed E-state index contributed by atoms with van der Waals surface area (Å²) in [6, 6.07) is 7.21. The molecular weight excluding hydrogens is 282 g/mol. The Kier molecular flexibility index (Phi) is 5.16. The van der Waals surface area contributed by atoms with E-state index in [0.717, 1.165) is 11.4 Å². The SMILES string of the molecule is COc1cc(OC)cc(C(O)CNc2nc(C)cc(C)n2)c1. The van der Waals surface area contributed by atoms with Gasteiger partial charge in [0, 0.05) is 24.0 Å². The van der Waals surface area contributed by atoms with Gasteiger partial charge in [-0.05, 0) is 37.6 Å². The third-order valence-corrected chi connectivity index (χ3v) is 3.19. The maximum atomic E-state index is 10.3. The van der Waals surface area contributed by atoms with E-state index in [-0.39, 0.29) is 0 Å². The number of hydrogen-bond donors (Lipinski definition) is 2. The van der Waals surface area contributed by atoms with Crippen LogP contribution in [0, 0.1) is 13.8 Å². The maximum Gasteiger partial charge on any atom is 0.223 e. The highest BCUT2D eigenvalue weighted by atomic mass is 16.5. The molecule has 1 unspecified atom stereocenters. The van der Waals surface area contributed by atoms with E-state index in [0.29, 0.717) is 29.6 Å². The van der Waals surface area contributed by atoms with E-state index in [1.807, 2.05) is 19.9 Å². The Morgan fingerprint density at radius 2 is 1.55 bits per heavy atom. The lowest BCUT2D eigenvalue weighted by atomic mass is 10.1. The lowest BCUT2D eigenvalue weighted by Crippen LogP contribution is -2.14. The van der Waals surface area contributed by atoms with E-state index in [2.05, 4.69) is 15.3 Å². The summed E-state index contributed by atoms with van der Waals surface area (Å²) in [6.45, 7) is 4.10. The van der Waals surface area contributed by atoms with Crippen molar-refractivity contribution in [3.63, 3.8) is 0 Å². The lowest BCUT2D eigenvalue weighted by molar-refractivity contribution is 0.190. The van der Waals surface area contributed by atoms with Crippen LogP contribution in [-0.2, 0) is 0 Å². The molecule has 118 valence electrons. The van der Waals surface area contributed by atoms with Crippen LogP contribution < -0.4 is 14.8 Å². The van der Waals surface area contributed by atoms with Crippen LogP contribution in [0.15, 0.2) is 24.3 Å². The number of nitrogens with zero attached hydrogens (tertiary/aromatic N) is 2. The Morgan fingerprint density at radius 3 is 2.05 bits per heavy atom. The number of methoxy groups -OCH3 is 2. The van der Waals surface area contributed by atoms with Crippen molar-refractivity contribution in [1.82, 2.24) is 9.97 Å². The van der Waals surface area contributed by atoms with Crippen LogP contribution in [0.4, 0.5) is 5.95 Å². The molecule has 1 aromatic heterocycles. The number of ether oxygens (including phenoxy) is 2. The van der Waals surface area contributed by atoms with Gasteiger partial charge in [-0.3, -0.25) is 0 Å². The summed E-state index contributed by atoms with van der Waals surface area (Å²) < 4.78 is 10.4. The normalized spacial score (nSPS) is 11.9. The maximum absolute atomic E-state index is 10.3. The first-order chi connectivity index (χ1) is 10.5. The van der Waals surface area contributed by atoms with Crippen molar-refractivity contribution in [2.24, 2.45) is 0 Å². The summed E-state index contributed by atoms with van der Waals surface area (Å²) >= 11 is 0. The largest absolute Gasteiger partial charge is 0.497 e. The molecule has 6 heteroatoms. The summed E-state index contributed by atoms with van der Waals surface area (Å²) in [7, 11) is 3.15. The topological polar surface area (TPSA) is 76.5 Å². The highest BCUT2D eigenvalue weighted by Gasteiger charge is 2.12. The van der Waals surface area contributed by atoms with Gasteiger partial charge in [0.15, 0.2) is 0 Å². The second-order valence-electron chi connectivity index (χ2n) is 5.02. The van der Waals surface area contributed by atoms with E-state index in [9.17, 15) is 5.11 Å². The Bertz CT molecular complexity index is 604. The zero-order chi connectivity index (χ0) is 16.1. The van der Waals surface area contributed by atoms with Crippen molar-refractivity contribution >= 4 is 5.95 Å². The standard InChI is InChI=1S/C16H21N3O3/c1-10-5-11(2)19-16(18-10)17-9-15(20)12-6-13(21-3)8-14(7-12)22-4/h5-8,15,20H,9H2,1-4H3,(H,17,18,19). The van der Waals surface area contributed by atoms with Gasteiger partial charge in [-0.2, -0.15) is 0 Å². The lowest BCUT2D eigenvalue weighted by Gasteiger charge is -2.15. The van der Waals surface area contributed by atoms with Crippen molar-refractivity contribution in [3.05, 3.63) is 41.2 Å². The molecule has 0 radical (unpaired) electrons. The number of anilines is 1. The number of nitrogens with one attached hydrogen (secondary N) is 1. The van der Waals surface area contributed by atoms with Crippen molar-refractivity contribution in [2.75, 3.05) is 26.1 Å². The summed E-state index contributed by atoms with van der Waals surface area (Å²) in [4.78, 5) is 8.57. The summed E-state index contributed by atoms with van der Waals surface area (Å²) in [6.07, 6.45) is -0.728. The minimum Gasteiger partial charge on any atom is -0.497 e. The zero-order valence-electron chi connectivity index (χ0n) is 13.3. The monoisotopic (exact) mass is 303 g/mol. The van der Waals surface area contributed by atoms with Gasteiger partial charge in [0.1, 0.15) is 11.5 Å². The fourth-order valence-electron chi connectivity index (χ4n) is 2.13. The minimum absolute atomic E-state index is 0.291. The highest BCUT2D eigenvalue weighted by Crippen LogP contribution is 2.26. The Morgan fingerprint density at radius 1 is 1.00 bits per heavy atom.